The molecular formula is C11H11ClF3NO. The van der Waals surface area contributed by atoms with Crippen molar-refractivity contribution in [3.63, 3.8) is 0 Å². The Balaban J connectivity index is 2.80. The van der Waals surface area contributed by atoms with Crippen molar-refractivity contribution in [2.75, 3.05) is 11.2 Å². The highest BCUT2D eigenvalue weighted by molar-refractivity contribution is 6.29. The number of rotatable bonds is 5. The van der Waals surface area contributed by atoms with E-state index in [1.54, 1.807) is 12.1 Å². The normalized spacial score (nSPS) is 12.5. The van der Waals surface area contributed by atoms with Crippen LogP contribution in [-0.4, -0.2) is 24.4 Å². The zero-order valence-electron chi connectivity index (χ0n) is 8.80. The molecule has 0 aliphatic heterocycles. The van der Waals surface area contributed by atoms with Gasteiger partial charge in [-0.15, -0.1) is 11.6 Å². The molecule has 0 fully saturated rings. The van der Waals surface area contributed by atoms with Gasteiger partial charge in [0.1, 0.15) is 5.88 Å². The number of nitrogens with one attached hydrogen (secondary N) is 1. The monoisotopic (exact) mass is 265 g/mol. The van der Waals surface area contributed by atoms with E-state index in [-0.39, 0.29) is 5.88 Å². The highest BCUT2D eigenvalue weighted by Crippen LogP contribution is 2.20. The summed E-state index contributed by atoms with van der Waals surface area (Å²) in [5, 5.41) is 2.42. The third kappa shape index (κ3) is 4.26. The zero-order chi connectivity index (χ0) is 12.8. The molecule has 1 unspecified atom stereocenters. The number of amides is 1. The summed E-state index contributed by atoms with van der Waals surface area (Å²) in [5.74, 6) is -0.714. The molecule has 0 heterocycles. The third-order valence-corrected chi connectivity index (χ3v) is 2.34. The van der Waals surface area contributed by atoms with E-state index in [0.717, 1.165) is 0 Å². The Hall–Kier alpha value is -1.23. The molecule has 1 atom stereocenters. The van der Waals surface area contributed by atoms with Gasteiger partial charge in [-0.25, -0.2) is 13.2 Å². The molecule has 0 spiro atoms. The zero-order valence-corrected chi connectivity index (χ0v) is 9.55. The molecule has 0 saturated heterocycles. The fraction of sp³-hybridized carbons (Fsp3) is 0.364. The Morgan fingerprint density at radius 1 is 1.29 bits per heavy atom. The Morgan fingerprint density at radius 3 is 2.53 bits per heavy atom. The van der Waals surface area contributed by atoms with E-state index in [4.69, 9.17) is 11.6 Å². The van der Waals surface area contributed by atoms with E-state index >= 15 is 0 Å². The van der Waals surface area contributed by atoms with E-state index in [1.807, 2.05) is 0 Å². The van der Waals surface area contributed by atoms with E-state index in [0.29, 0.717) is 11.3 Å². The first kappa shape index (κ1) is 13.8. The van der Waals surface area contributed by atoms with Crippen LogP contribution in [0.5, 0.6) is 0 Å². The van der Waals surface area contributed by atoms with Crippen molar-refractivity contribution in [2.45, 2.75) is 19.0 Å². The summed E-state index contributed by atoms with van der Waals surface area (Å²) in [4.78, 5) is 11.1. The molecule has 0 saturated carbocycles. The van der Waals surface area contributed by atoms with E-state index < -0.39 is 24.9 Å². The fourth-order valence-electron chi connectivity index (χ4n) is 1.30. The predicted molar refractivity (Wildman–Crippen MR) is 60.4 cm³/mol. The average Bonchev–Trinajstić information content (AvgIpc) is 2.31. The molecule has 0 aromatic heterocycles. The number of carbonyl (C=O) groups is 1. The van der Waals surface area contributed by atoms with Crippen LogP contribution in [0.3, 0.4) is 0 Å². The standard InChI is InChI=1S/C11H11ClF3NO/c12-6-10(17)16-9-4-2-1-3-7(9)5-8(13)11(14)15/h1-4,8,11H,5-6H2,(H,16,17). The number of hydrogen-bond acceptors (Lipinski definition) is 1. The number of halogens is 4. The minimum atomic E-state index is -3.04. The average molecular weight is 266 g/mol. The number of carbonyl (C=O) groups excluding carboxylic acids is 1. The quantitative estimate of drug-likeness (QED) is 0.815. The summed E-state index contributed by atoms with van der Waals surface area (Å²) in [6, 6.07) is 6.20. The molecule has 1 N–H and O–H groups in total. The second kappa shape index (κ2) is 6.49. The topological polar surface area (TPSA) is 29.1 Å². The summed E-state index contributed by atoms with van der Waals surface area (Å²) >= 11 is 5.30. The number of anilines is 1. The minimum Gasteiger partial charge on any atom is -0.325 e. The lowest BCUT2D eigenvalue weighted by Crippen LogP contribution is -2.18. The van der Waals surface area contributed by atoms with Gasteiger partial charge >= 0.3 is 0 Å². The minimum absolute atomic E-state index is 0.248. The molecule has 0 aliphatic rings. The van der Waals surface area contributed by atoms with Crippen molar-refractivity contribution >= 4 is 23.2 Å². The van der Waals surface area contributed by atoms with Gasteiger partial charge in [-0.05, 0) is 11.6 Å². The smallest absolute Gasteiger partial charge is 0.269 e. The number of alkyl halides is 4. The van der Waals surface area contributed by atoms with E-state index in [1.165, 1.54) is 12.1 Å². The molecule has 1 amide bonds. The lowest BCUT2D eigenvalue weighted by molar-refractivity contribution is -0.113. The summed E-state index contributed by atoms with van der Waals surface area (Å²) in [6.07, 6.45) is -5.73. The van der Waals surface area contributed by atoms with Crippen LogP contribution >= 0.6 is 11.6 Å². The molecule has 2 nitrogen and oxygen atoms in total. The van der Waals surface area contributed by atoms with Crippen LogP contribution in [0.15, 0.2) is 24.3 Å². The van der Waals surface area contributed by atoms with Crippen LogP contribution in [0, 0.1) is 0 Å². The van der Waals surface area contributed by atoms with Crippen LogP contribution in [0.1, 0.15) is 5.56 Å². The number of para-hydroxylation sites is 1. The largest absolute Gasteiger partial charge is 0.325 e. The maximum absolute atomic E-state index is 12.9. The molecule has 1 aromatic carbocycles. The van der Waals surface area contributed by atoms with Gasteiger partial charge in [0.25, 0.3) is 6.43 Å². The highest BCUT2D eigenvalue weighted by Gasteiger charge is 2.21. The lowest BCUT2D eigenvalue weighted by atomic mass is 10.1. The van der Waals surface area contributed by atoms with Crippen LogP contribution in [0.4, 0.5) is 18.9 Å². The molecule has 1 aromatic rings. The van der Waals surface area contributed by atoms with Gasteiger partial charge in [-0.3, -0.25) is 4.79 Å². The summed E-state index contributed by atoms with van der Waals surface area (Å²) in [6.45, 7) is 0. The Kier molecular flexibility index (Phi) is 5.28. The van der Waals surface area contributed by atoms with Crippen LogP contribution in [0.25, 0.3) is 0 Å². The first-order valence-corrected chi connectivity index (χ1v) is 5.44. The van der Waals surface area contributed by atoms with Crippen LogP contribution in [-0.2, 0) is 11.2 Å². The number of hydrogen-bond donors (Lipinski definition) is 1. The first-order chi connectivity index (χ1) is 8.04. The second-order valence-corrected chi connectivity index (χ2v) is 3.66. The summed E-state index contributed by atoms with van der Waals surface area (Å²) in [7, 11) is 0. The SMILES string of the molecule is O=C(CCl)Nc1ccccc1CC(F)C(F)F. The van der Waals surface area contributed by atoms with Gasteiger partial charge in [0.15, 0.2) is 6.17 Å². The van der Waals surface area contributed by atoms with Crippen LogP contribution < -0.4 is 5.32 Å². The van der Waals surface area contributed by atoms with E-state index in [2.05, 4.69) is 5.32 Å². The molecule has 1 rings (SSSR count). The van der Waals surface area contributed by atoms with Crippen molar-refractivity contribution in [3.05, 3.63) is 29.8 Å². The molecule has 0 radical (unpaired) electrons. The van der Waals surface area contributed by atoms with Gasteiger partial charge in [-0.1, -0.05) is 18.2 Å². The second-order valence-electron chi connectivity index (χ2n) is 3.39. The Morgan fingerprint density at radius 2 is 1.94 bits per heavy atom. The van der Waals surface area contributed by atoms with Gasteiger partial charge in [0, 0.05) is 12.1 Å². The van der Waals surface area contributed by atoms with Gasteiger partial charge < -0.3 is 5.32 Å². The third-order valence-electron chi connectivity index (χ3n) is 2.10. The highest BCUT2D eigenvalue weighted by atomic mass is 35.5. The van der Waals surface area contributed by atoms with Crippen molar-refractivity contribution in [1.82, 2.24) is 0 Å². The van der Waals surface area contributed by atoms with Crippen molar-refractivity contribution in [1.29, 1.82) is 0 Å². The van der Waals surface area contributed by atoms with Gasteiger partial charge in [-0.2, -0.15) is 0 Å². The van der Waals surface area contributed by atoms with Crippen molar-refractivity contribution < 1.29 is 18.0 Å². The van der Waals surface area contributed by atoms with E-state index in [9.17, 15) is 18.0 Å². The Labute approximate surface area is 102 Å². The van der Waals surface area contributed by atoms with Crippen molar-refractivity contribution in [3.8, 4) is 0 Å². The van der Waals surface area contributed by atoms with Gasteiger partial charge in [0.05, 0.1) is 0 Å². The maximum Gasteiger partial charge on any atom is 0.269 e. The van der Waals surface area contributed by atoms with Gasteiger partial charge in [0.2, 0.25) is 5.91 Å². The molecular weight excluding hydrogens is 255 g/mol. The lowest BCUT2D eigenvalue weighted by Gasteiger charge is -2.12. The molecule has 6 heteroatoms. The van der Waals surface area contributed by atoms with Crippen molar-refractivity contribution in [2.24, 2.45) is 0 Å². The molecule has 17 heavy (non-hydrogen) atoms. The number of benzene rings is 1. The summed E-state index contributed by atoms with van der Waals surface area (Å²) in [5.41, 5.74) is 0.625. The molecule has 0 bridgehead atoms. The molecule has 94 valence electrons. The fourth-order valence-corrected chi connectivity index (χ4v) is 1.37. The molecule has 0 aliphatic carbocycles. The first-order valence-electron chi connectivity index (χ1n) is 4.90. The summed E-state index contributed by atoms with van der Waals surface area (Å²) < 4.78 is 37.1. The Bertz CT molecular complexity index is 387. The van der Waals surface area contributed by atoms with Crippen LogP contribution in [0.2, 0.25) is 0 Å². The maximum atomic E-state index is 12.9. The predicted octanol–water partition coefficient (Wildman–Crippen LogP) is 3.01.